The van der Waals surface area contributed by atoms with E-state index in [2.05, 4.69) is 32.6 Å². The molecule has 0 radical (unpaired) electrons. The molecule has 1 saturated heterocycles. The van der Waals surface area contributed by atoms with Crippen molar-refractivity contribution in [1.82, 2.24) is 4.90 Å². The Morgan fingerprint density at radius 1 is 1.20 bits per heavy atom. The van der Waals surface area contributed by atoms with Gasteiger partial charge in [-0.1, -0.05) is 40.5 Å². The van der Waals surface area contributed by atoms with Crippen molar-refractivity contribution in [2.75, 3.05) is 13.1 Å². The molecule has 20 heavy (non-hydrogen) atoms. The zero-order valence-electron chi connectivity index (χ0n) is 13.8. The van der Waals surface area contributed by atoms with Crippen LogP contribution in [0.25, 0.3) is 0 Å². The summed E-state index contributed by atoms with van der Waals surface area (Å²) in [5.74, 6) is 0.190. The molecule has 1 N–H and O–H groups in total. The van der Waals surface area contributed by atoms with E-state index in [1.165, 1.54) is 19.3 Å². The molecule has 0 amide bonds. The number of carboxylic acids is 1. The Hall–Kier alpha value is -0.570. The molecular formula is C17H33NO2. The van der Waals surface area contributed by atoms with Crippen LogP contribution in [0.3, 0.4) is 0 Å². The number of carbonyl (C=O) groups is 1. The second-order valence-electron chi connectivity index (χ2n) is 6.68. The molecule has 1 aliphatic heterocycles. The van der Waals surface area contributed by atoms with E-state index in [9.17, 15) is 9.90 Å². The highest BCUT2D eigenvalue weighted by atomic mass is 16.4. The maximum Gasteiger partial charge on any atom is 0.309 e. The minimum Gasteiger partial charge on any atom is -0.481 e. The molecule has 0 spiro atoms. The first-order valence-corrected chi connectivity index (χ1v) is 8.46. The van der Waals surface area contributed by atoms with Gasteiger partial charge in [-0.2, -0.15) is 0 Å². The smallest absolute Gasteiger partial charge is 0.309 e. The minimum atomic E-state index is -0.575. The van der Waals surface area contributed by atoms with Crippen LogP contribution in [0.15, 0.2) is 0 Å². The van der Waals surface area contributed by atoms with E-state index in [1.54, 1.807) is 0 Å². The Bertz CT molecular complexity index is 295. The number of aliphatic carboxylic acids is 1. The number of piperidine rings is 1. The predicted octanol–water partition coefficient (Wildman–Crippen LogP) is 4.17. The molecule has 3 heteroatoms. The lowest BCUT2D eigenvalue weighted by Gasteiger charge is -2.42. The van der Waals surface area contributed by atoms with Crippen LogP contribution < -0.4 is 0 Å². The van der Waals surface area contributed by atoms with Crippen molar-refractivity contribution < 1.29 is 9.90 Å². The zero-order valence-corrected chi connectivity index (χ0v) is 13.8. The van der Waals surface area contributed by atoms with Crippen molar-refractivity contribution in [3.8, 4) is 0 Å². The van der Waals surface area contributed by atoms with Crippen molar-refractivity contribution >= 4 is 5.97 Å². The molecule has 118 valence electrons. The molecule has 0 aliphatic carbocycles. The van der Waals surface area contributed by atoms with E-state index < -0.39 is 11.4 Å². The normalized spacial score (nSPS) is 22.4. The Morgan fingerprint density at radius 2 is 1.80 bits per heavy atom. The summed E-state index contributed by atoms with van der Waals surface area (Å²) in [5.41, 5.74) is -0.445. The topological polar surface area (TPSA) is 40.5 Å². The SMILES string of the molecule is CCCC1(C(=O)O)CCN(C(CC)CC(C)CC)CC1. The van der Waals surface area contributed by atoms with Crippen LogP contribution in [0.4, 0.5) is 0 Å². The maximum absolute atomic E-state index is 11.6. The van der Waals surface area contributed by atoms with Gasteiger partial charge in [0.1, 0.15) is 0 Å². The summed E-state index contributed by atoms with van der Waals surface area (Å²) in [7, 11) is 0. The van der Waals surface area contributed by atoms with Gasteiger partial charge in [0, 0.05) is 6.04 Å². The van der Waals surface area contributed by atoms with Gasteiger partial charge in [0.15, 0.2) is 0 Å². The molecule has 3 nitrogen and oxygen atoms in total. The van der Waals surface area contributed by atoms with E-state index in [0.717, 1.165) is 44.7 Å². The number of rotatable bonds is 8. The molecule has 1 heterocycles. The van der Waals surface area contributed by atoms with Crippen LogP contribution in [0.5, 0.6) is 0 Å². The highest BCUT2D eigenvalue weighted by Gasteiger charge is 2.41. The third-order valence-corrected chi connectivity index (χ3v) is 5.30. The summed E-state index contributed by atoms with van der Waals surface area (Å²) in [6.45, 7) is 10.9. The van der Waals surface area contributed by atoms with Gasteiger partial charge in [-0.05, 0) is 51.1 Å². The van der Waals surface area contributed by atoms with Crippen LogP contribution >= 0.6 is 0 Å². The summed E-state index contributed by atoms with van der Waals surface area (Å²) in [4.78, 5) is 14.2. The quantitative estimate of drug-likeness (QED) is 0.727. The third kappa shape index (κ3) is 4.21. The maximum atomic E-state index is 11.6. The second-order valence-corrected chi connectivity index (χ2v) is 6.68. The lowest BCUT2D eigenvalue weighted by atomic mass is 9.74. The molecule has 0 bridgehead atoms. The van der Waals surface area contributed by atoms with Crippen molar-refractivity contribution in [2.45, 2.75) is 78.7 Å². The van der Waals surface area contributed by atoms with Crippen molar-refractivity contribution in [3.63, 3.8) is 0 Å². The first-order valence-electron chi connectivity index (χ1n) is 8.46. The summed E-state index contributed by atoms with van der Waals surface area (Å²) < 4.78 is 0. The number of hydrogen-bond acceptors (Lipinski definition) is 2. The Kier molecular flexibility index (Phi) is 7.01. The van der Waals surface area contributed by atoms with Crippen molar-refractivity contribution in [2.24, 2.45) is 11.3 Å². The van der Waals surface area contributed by atoms with Crippen LogP contribution in [-0.4, -0.2) is 35.1 Å². The van der Waals surface area contributed by atoms with E-state index in [1.807, 2.05) is 0 Å². The van der Waals surface area contributed by atoms with Crippen LogP contribution in [-0.2, 0) is 4.79 Å². The Morgan fingerprint density at radius 3 is 2.20 bits per heavy atom. The fraction of sp³-hybridized carbons (Fsp3) is 0.941. The zero-order chi connectivity index (χ0) is 15.2. The lowest BCUT2D eigenvalue weighted by molar-refractivity contribution is -0.153. The van der Waals surface area contributed by atoms with E-state index >= 15 is 0 Å². The van der Waals surface area contributed by atoms with E-state index in [0.29, 0.717) is 6.04 Å². The summed E-state index contributed by atoms with van der Waals surface area (Å²) in [5, 5.41) is 9.57. The van der Waals surface area contributed by atoms with Crippen LogP contribution in [0.2, 0.25) is 0 Å². The molecule has 1 rings (SSSR count). The average Bonchev–Trinajstić information content (AvgIpc) is 2.45. The first kappa shape index (κ1) is 17.5. The number of likely N-dealkylation sites (tertiary alicyclic amines) is 1. The second kappa shape index (κ2) is 8.02. The summed E-state index contributed by atoms with van der Waals surface area (Å²) in [6, 6.07) is 0.637. The van der Waals surface area contributed by atoms with Gasteiger partial charge in [0.05, 0.1) is 5.41 Å². The number of nitrogens with zero attached hydrogens (tertiary/aromatic N) is 1. The third-order valence-electron chi connectivity index (χ3n) is 5.30. The number of carboxylic acid groups (broad SMARTS) is 1. The van der Waals surface area contributed by atoms with Gasteiger partial charge >= 0.3 is 5.97 Å². The van der Waals surface area contributed by atoms with Gasteiger partial charge in [-0.3, -0.25) is 4.79 Å². The van der Waals surface area contributed by atoms with Gasteiger partial charge in [-0.25, -0.2) is 0 Å². The standard InChI is InChI=1S/C17H33NO2/c1-5-8-17(16(19)20)9-11-18(12-10-17)15(7-3)13-14(4)6-2/h14-15H,5-13H2,1-4H3,(H,19,20). The molecular weight excluding hydrogens is 250 g/mol. The first-order chi connectivity index (χ1) is 9.49. The molecule has 0 saturated carbocycles. The lowest BCUT2D eigenvalue weighted by Crippen LogP contribution is -2.48. The molecule has 2 atom stereocenters. The monoisotopic (exact) mass is 283 g/mol. The number of hydrogen-bond donors (Lipinski definition) is 1. The minimum absolute atomic E-state index is 0.445. The van der Waals surface area contributed by atoms with Gasteiger partial charge in [0.25, 0.3) is 0 Å². The average molecular weight is 283 g/mol. The largest absolute Gasteiger partial charge is 0.481 e. The molecule has 0 aromatic rings. The van der Waals surface area contributed by atoms with Crippen molar-refractivity contribution in [3.05, 3.63) is 0 Å². The Balaban J connectivity index is 2.60. The van der Waals surface area contributed by atoms with E-state index in [-0.39, 0.29) is 0 Å². The van der Waals surface area contributed by atoms with Gasteiger partial charge in [0.2, 0.25) is 0 Å². The fourth-order valence-corrected chi connectivity index (χ4v) is 3.57. The molecule has 0 aromatic heterocycles. The highest BCUT2D eigenvalue weighted by molar-refractivity contribution is 5.74. The van der Waals surface area contributed by atoms with Gasteiger partial charge < -0.3 is 10.0 Å². The van der Waals surface area contributed by atoms with Crippen molar-refractivity contribution in [1.29, 1.82) is 0 Å². The fourth-order valence-electron chi connectivity index (χ4n) is 3.57. The molecule has 1 aliphatic rings. The van der Waals surface area contributed by atoms with Gasteiger partial charge in [-0.15, -0.1) is 0 Å². The Labute approximate surface area is 124 Å². The molecule has 1 fully saturated rings. The summed E-state index contributed by atoms with van der Waals surface area (Å²) >= 11 is 0. The predicted molar refractivity (Wildman–Crippen MR) is 83.9 cm³/mol. The van der Waals surface area contributed by atoms with Crippen LogP contribution in [0, 0.1) is 11.3 Å². The molecule has 2 unspecified atom stereocenters. The summed E-state index contributed by atoms with van der Waals surface area (Å²) in [6.07, 6.45) is 7.12. The molecule has 0 aromatic carbocycles. The highest BCUT2D eigenvalue weighted by Crippen LogP contribution is 2.37. The van der Waals surface area contributed by atoms with E-state index in [4.69, 9.17) is 0 Å². The van der Waals surface area contributed by atoms with Crippen LogP contribution in [0.1, 0.15) is 72.6 Å².